The Hall–Kier alpha value is -1.28. The van der Waals surface area contributed by atoms with Gasteiger partial charge in [-0.15, -0.1) is 0 Å². The number of anilines is 1. The van der Waals surface area contributed by atoms with Crippen LogP contribution in [0.5, 0.6) is 0 Å². The summed E-state index contributed by atoms with van der Waals surface area (Å²) in [5, 5.41) is 0. The summed E-state index contributed by atoms with van der Waals surface area (Å²) in [6.45, 7) is 1.77. The van der Waals surface area contributed by atoms with Crippen LogP contribution in [0.2, 0.25) is 0 Å². The van der Waals surface area contributed by atoms with Gasteiger partial charge in [-0.1, -0.05) is 12.1 Å². The largest absolute Gasteiger partial charge is 0.401 e. The third-order valence-electron chi connectivity index (χ3n) is 3.75. The summed E-state index contributed by atoms with van der Waals surface area (Å²) in [7, 11) is -3.38. The molecule has 0 aromatic heterocycles. The minimum Gasteiger partial charge on any atom is -0.368 e. The first-order valence-corrected chi connectivity index (χ1v) is 8.82. The van der Waals surface area contributed by atoms with Gasteiger partial charge in [0.15, 0.2) is 9.84 Å². The Kier molecular flexibility index (Phi) is 4.72. The van der Waals surface area contributed by atoms with Crippen LogP contribution in [0.15, 0.2) is 29.2 Å². The van der Waals surface area contributed by atoms with E-state index in [-0.39, 0.29) is 17.5 Å². The van der Waals surface area contributed by atoms with Crippen LogP contribution in [-0.4, -0.2) is 58.0 Å². The molecule has 1 heterocycles. The zero-order chi connectivity index (χ0) is 16.5. The van der Waals surface area contributed by atoms with E-state index in [0.29, 0.717) is 18.8 Å². The molecule has 0 spiro atoms. The highest BCUT2D eigenvalue weighted by atomic mass is 32.2. The fourth-order valence-corrected chi connectivity index (χ4v) is 3.61. The number of para-hydroxylation sites is 1. The normalized spacial score (nSPS) is 21.1. The molecule has 1 fully saturated rings. The molecule has 0 radical (unpaired) electrons. The second-order valence-electron chi connectivity index (χ2n) is 5.62. The number of rotatable bonds is 3. The second kappa shape index (κ2) is 6.08. The highest BCUT2D eigenvalue weighted by Gasteiger charge is 2.35. The van der Waals surface area contributed by atoms with Gasteiger partial charge in [-0.3, -0.25) is 4.90 Å². The van der Waals surface area contributed by atoms with Gasteiger partial charge in [0.05, 0.1) is 17.1 Å². The van der Waals surface area contributed by atoms with Crippen LogP contribution in [0.25, 0.3) is 0 Å². The van der Waals surface area contributed by atoms with Crippen molar-refractivity contribution in [2.75, 3.05) is 37.3 Å². The van der Waals surface area contributed by atoms with Crippen molar-refractivity contribution in [1.82, 2.24) is 4.90 Å². The lowest BCUT2D eigenvalue weighted by molar-refractivity contribution is -0.150. The molecule has 1 unspecified atom stereocenters. The Balaban J connectivity index is 2.18. The van der Waals surface area contributed by atoms with Gasteiger partial charge in [-0.2, -0.15) is 13.2 Å². The molecule has 4 nitrogen and oxygen atoms in total. The number of hydrogen-bond acceptors (Lipinski definition) is 4. The molecule has 2 rings (SSSR count). The predicted molar refractivity (Wildman–Crippen MR) is 78.9 cm³/mol. The van der Waals surface area contributed by atoms with Gasteiger partial charge < -0.3 is 4.90 Å². The Labute approximate surface area is 128 Å². The van der Waals surface area contributed by atoms with E-state index >= 15 is 0 Å². The highest BCUT2D eigenvalue weighted by molar-refractivity contribution is 7.90. The average molecular weight is 336 g/mol. The Morgan fingerprint density at radius 2 is 1.86 bits per heavy atom. The summed E-state index contributed by atoms with van der Waals surface area (Å²) in [5.74, 6) is 0. The van der Waals surface area contributed by atoms with Gasteiger partial charge in [0.25, 0.3) is 0 Å². The summed E-state index contributed by atoms with van der Waals surface area (Å²) >= 11 is 0. The molecular formula is C14H19F3N2O2S. The zero-order valence-corrected chi connectivity index (χ0v) is 13.3. The molecule has 8 heteroatoms. The van der Waals surface area contributed by atoms with Gasteiger partial charge in [0.2, 0.25) is 0 Å². The van der Waals surface area contributed by atoms with Crippen LogP contribution >= 0.6 is 0 Å². The monoisotopic (exact) mass is 336 g/mol. The van der Waals surface area contributed by atoms with Gasteiger partial charge in [0.1, 0.15) is 0 Å². The Morgan fingerprint density at radius 1 is 1.23 bits per heavy atom. The smallest absolute Gasteiger partial charge is 0.368 e. The Morgan fingerprint density at radius 3 is 2.41 bits per heavy atom. The molecular weight excluding hydrogens is 317 g/mol. The third-order valence-corrected chi connectivity index (χ3v) is 4.90. The molecule has 1 aromatic carbocycles. The van der Waals surface area contributed by atoms with Crippen molar-refractivity contribution >= 4 is 15.5 Å². The minimum absolute atomic E-state index is 0.214. The number of benzene rings is 1. The first kappa shape index (κ1) is 17.1. The van der Waals surface area contributed by atoms with Crippen LogP contribution in [-0.2, 0) is 9.84 Å². The van der Waals surface area contributed by atoms with Crippen LogP contribution in [0.4, 0.5) is 18.9 Å². The van der Waals surface area contributed by atoms with Crippen molar-refractivity contribution < 1.29 is 21.6 Å². The van der Waals surface area contributed by atoms with E-state index in [1.165, 1.54) is 11.0 Å². The number of nitrogens with zero attached hydrogens (tertiary/aromatic N) is 2. The first-order valence-electron chi connectivity index (χ1n) is 6.93. The summed E-state index contributed by atoms with van der Waals surface area (Å²) in [6, 6.07) is 6.29. The van der Waals surface area contributed by atoms with Crippen molar-refractivity contribution in [3.05, 3.63) is 24.3 Å². The second-order valence-corrected chi connectivity index (χ2v) is 7.60. The molecule has 1 aliphatic heterocycles. The third kappa shape index (κ3) is 4.13. The maximum atomic E-state index is 12.5. The zero-order valence-electron chi connectivity index (χ0n) is 12.5. The molecule has 0 saturated carbocycles. The predicted octanol–water partition coefficient (Wildman–Crippen LogP) is 2.16. The molecule has 1 saturated heterocycles. The molecule has 22 heavy (non-hydrogen) atoms. The van der Waals surface area contributed by atoms with E-state index in [9.17, 15) is 21.6 Å². The molecule has 124 valence electrons. The summed E-state index contributed by atoms with van der Waals surface area (Å²) in [4.78, 5) is 3.43. The van der Waals surface area contributed by atoms with E-state index in [0.717, 1.165) is 6.26 Å². The topological polar surface area (TPSA) is 40.6 Å². The summed E-state index contributed by atoms with van der Waals surface area (Å²) in [6.07, 6.45) is -3.09. The van der Waals surface area contributed by atoms with Gasteiger partial charge in [-0.05, 0) is 19.1 Å². The van der Waals surface area contributed by atoms with E-state index in [4.69, 9.17) is 0 Å². The number of halogens is 3. The first-order chi connectivity index (χ1) is 10.1. The van der Waals surface area contributed by atoms with Gasteiger partial charge in [0, 0.05) is 31.9 Å². The molecule has 0 bridgehead atoms. The van der Waals surface area contributed by atoms with Crippen molar-refractivity contribution in [2.24, 2.45) is 0 Å². The van der Waals surface area contributed by atoms with E-state index < -0.39 is 22.6 Å². The average Bonchev–Trinajstić information content (AvgIpc) is 2.39. The maximum Gasteiger partial charge on any atom is 0.401 e. The van der Waals surface area contributed by atoms with Gasteiger partial charge >= 0.3 is 6.18 Å². The van der Waals surface area contributed by atoms with Crippen molar-refractivity contribution in [2.45, 2.75) is 24.0 Å². The minimum atomic E-state index is -4.22. The highest BCUT2D eigenvalue weighted by Crippen LogP contribution is 2.28. The van der Waals surface area contributed by atoms with E-state index in [1.807, 2.05) is 4.90 Å². The number of alkyl halides is 3. The van der Waals surface area contributed by atoms with Crippen LogP contribution in [0.3, 0.4) is 0 Å². The lowest BCUT2D eigenvalue weighted by Crippen LogP contribution is -2.54. The van der Waals surface area contributed by atoms with E-state index in [2.05, 4.69) is 0 Å². The standard InChI is InChI=1S/C14H19F3N2O2S/c1-11-9-18(7-8-19(11)10-14(15,16)17)12-5-3-4-6-13(12)22(2,20)21/h3-6,11H,7-10H2,1-2H3. The molecule has 0 aliphatic carbocycles. The van der Waals surface area contributed by atoms with Crippen molar-refractivity contribution in [1.29, 1.82) is 0 Å². The van der Waals surface area contributed by atoms with Crippen LogP contribution < -0.4 is 4.90 Å². The van der Waals surface area contributed by atoms with Crippen molar-refractivity contribution in [3.8, 4) is 0 Å². The summed E-state index contributed by atoms with van der Waals surface area (Å²) in [5.41, 5.74) is 0.559. The van der Waals surface area contributed by atoms with Crippen molar-refractivity contribution in [3.63, 3.8) is 0 Å². The fraction of sp³-hybridized carbons (Fsp3) is 0.571. The molecule has 0 N–H and O–H groups in total. The lowest BCUT2D eigenvalue weighted by Gasteiger charge is -2.41. The molecule has 0 amide bonds. The SMILES string of the molecule is CC1CN(c2ccccc2S(C)(=O)=O)CCN1CC(F)(F)F. The fourth-order valence-electron chi connectivity index (χ4n) is 2.71. The lowest BCUT2D eigenvalue weighted by atomic mass is 10.1. The number of hydrogen-bond donors (Lipinski definition) is 0. The molecule has 1 aromatic rings. The van der Waals surface area contributed by atoms with Gasteiger partial charge in [-0.25, -0.2) is 8.42 Å². The Bertz CT molecular complexity index is 631. The summed E-state index contributed by atoms with van der Waals surface area (Å²) < 4.78 is 61.2. The number of piperazine rings is 1. The molecule has 1 atom stereocenters. The number of sulfone groups is 1. The molecule has 1 aliphatic rings. The van der Waals surface area contributed by atoms with Crippen LogP contribution in [0, 0.1) is 0 Å². The van der Waals surface area contributed by atoms with Crippen LogP contribution in [0.1, 0.15) is 6.92 Å². The quantitative estimate of drug-likeness (QED) is 0.848. The van der Waals surface area contributed by atoms with E-state index in [1.54, 1.807) is 25.1 Å². The maximum absolute atomic E-state index is 12.5.